The molecular formula is C15H23N3. The van der Waals surface area contributed by atoms with Gasteiger partial charge in [0.15, 0.2) is 0 Å². The van der Waals surface area contributed by atoms with E-state index in [0.717, 1.165) is 32.7 Å². The minimum Gasteiger partial charge on any atom is -0.313 e. The van der Waals surface area contributed by atoms with E-state index in [1.54, 1.807) is 0 Å². The van der Waals surface area contributed by atoms with Crippen LogP contribution in [0.1, 0.15) is 23.6 Å². The first-order valence-electron chi connectivity index (χ1n) is 7.05. The molecular weight excluding hydrogens is 222 g/mol. The van der Waals surface area contributed by atoms with E-state index >= 15 is 0 Å². The van der Waals surface area contributed by atoms with Gasteiger partial charge in [0.1, 0.15) is 0 Å². The fourth-order valence-electron chi connectivity index (χ4n) is 3.22. The van der Waals surface area contributed by atoms with Crippen LogP contribution in [0.15, 0.2) is 18.2 Å². The third-order valence-electron chi connectivity index (χ3n) is 4.26. The molecule has 1 aromatic carbocycles. The Balaban J connectivity index is 1.76. The highest BCUT2D eigenvalue weighted by Gasteiger charge is 2.30. The summed E-state index contributed by atoms with van der Waals surface area (Å²) >= 11 is 0. The maximum absolute atomic E-state index is 3.53. The number of rotatable bonds is 2. The molecule has 18 heavy (non-hydrogen) atoms. The van der Waals surface area contributed by atoms with Crippen molar-refractivity contribution in [3.05, 3.63) is 34.9 Å². The molecule has 1 fully saturated rings. The standard InChI is InChI=1S/C15H23N3/c1-3-17-7-6-16-9-15(17)18-10-13-5-4-12(2)8-14(13)11-18/h4-5,8,15-16H,3,6-7,9-11H2,1-2H3. The van der Waals surface area contributed by atoms with Crippen LogP contribution < -0.4 is 5.32 Å². The van der Waals surface area contributed by atoms with Crippen molar-refractivity contribution in [1.82, 2.24) is 15.1 Å². The van der Waals surface area contributed by atoms with Gasteiger partial charge in [-0.3, -0.25) is 9.80 Å². The van der Waals surface area contributed by atoms with Crippen molar-refractivity contribution in [1.29, 1.82) is 0 Å². The quantitative estimate of drug-likeness (QED) is 0.853. The minimum absolute atomic E-state index is 0.566. The molecule has 1 unspecified atom stereocenters. The lowest BCUT2D eigenvalue weighted by molar-refractivity contribution is 0.0248. The van der Waals surface area contributed by atoms with E-state index in [1.165, 1.54) is 23.2 Å². The number of aryl methyl sites for hydroxylation is 1. The van der Waals surface area contributed by atoms with Gasteiger partial charge in [-0.25, -0.2) is 0 Å². The van der Waals surface area contributed by atoms with E-state index in [0.29, 0.717) is 6.17 Å². The van der Waals surface area contributed by atoms with Crippen molar-refractivity contribution in [2.45, 2.75) is 33.1 Å². The van der Waals surface area contributed by atoms with Gasteiger partial charge in [0.05, 0.1) is 6.17 Å². The van der Waals surface area contributed by atoms with Crippen molar-refractivity contribution < 1.29 is 0 Å². The van der Waals surface area contributed by atoms with Crippen molar-refractivity contribution in [3.63, 3.8) is 0 Å². The summed E-state index contributed by atoms with van der Waals surface area (Å²) in [5.41, 5.74) is 4.42. The predicted molar refractivity (Wildman–Crippen MR) is 74.3 cm³/mol. The first kappa shape index (κ1) is 12.2. The summed E-state index contributed by atoms with van der Waals surface area (Å²) in [5, 5.41) is 3.53. The number of likely N-dealkylation sites (N-methyl/N-ethyl adjacent to an activating group) is 1. The lowest BCUT2D eigenvalue weighted by Gasteiger charge is -2.40. The highest BCUT2D eigenvalue weighted by Crippen LogP contribution is 2.26. The summed E-state index contributed by atoms with van der Waals surface area (Å²) in [6.45, 7) is 11.2. The number of fused-ring (bicyclic) bond motifs is 1. The number of hydrogen-bond donors (Lipinski definition) is 1. The van der Waals surface area contributed by atoms with Crippen LogP contribution in [0.25, 0.3) is 0 Å². The van der Waals surface area contributed by atoms with Gasteiger partial charge in [0, 0.05) is 32.7 Å². The van der Waals surface area contributed by atoms with Gasteiger partial charge in [-0.1, -0.05) is 30.7 Å². The molecule has 0 bridgehead atoms. The molecule has 2 aliphatic heterocycles. The van der Waals surface area contributed by atoms with E-state index in [2.05, 4.69) is 47.2 Å². The maximum atomic E-state index is 3.53. The van der Waals surface area contributed by atoms with E-state index in [4.69, 9.17) is 0 Å². The largest absolute Gasteiger partial charge is 0.313 e. The van der Waals surface area contributed by atoms with E-state index in [-0.39, 0.29) is 0 Å². The summed E-state index contributed by atoms with van der Waals surface area (Å²) in [4.78, 5) is 5.20. The summed E-state index contributed by atoms with van der Waals surface area (Å²) < 4.78 is 0. The van der Waals surface area contributed by atoms with Crippen molar-refractivity contribution in [2.75, 3.05) is 26.2 Å². The van der Waals surface area contributed by atoms with Crippen LogP contribution >= 0.6 is 0 Å². The Morgan fingerprint density at radius 1 is 1.28 bits per heavy atom. The average molecular weight is 245 g/mol. The summed E-state index contributed by atoms with van der Waals surface area (Å²) in [6.07, 6.45) is 0.566. The number of nitrogens with zero attached hydrogens (tertiary/aromatic N) is 2. The average Bonchev–Trinajstić information content (AvgIpc) is 2.81. The van der Waals surface area contributed by atoms with Crippen LogP contribution in [-0.4, -0.2) is 42.1 Å². The molecule has 2 aliphatic rings. The molecule has 0 radical (unpaired) electrons. The second-order valence-corrected chi connectivity index (χ2v) is 5.49. The molecule has 0 spiro atoms. The zero-order valence-electron chi connectivity index (χ0n) is 11.4. The molecule has 0 aliphatic carbocycles. The van der Waals surface area contributed by atoms with Crippen LogP contribution in [0.4, 0.5) is 0 Å². The van der Waals surface area contributed by atoms with Crippen LogP contribution in [0, 0.1) is 6.92 Å². The molecule has 0 amide bonds. The molecule has 98 valence electrons. The number of hydrogen-bond acceptors (Lipinski definition) is 3. The van der Waals surface area contributed by atoms with Crippen LogP contribution in [0.3, 0.4) is 0 Å². The number of nitrogens with one attached hydrogen (secondary N) is 1. The van der Waals surface area contributed by atoms with E-state index in [9.17, 15) is 0 Å². The van der Waals surface area contributed by atoms with Gasteiger partial charge in [-0.2, -0.15) is 0 Å². The van der Waals surface area contributed by atoms with Gasteiger partial charge in [0.2, 0.25) is 0 Å². The van der Waals surface area contributed by atoms with Crippen LogP contribution in [0.5, 0.6) is 0 Å². The third-order valence-corrected chi connectivity index (χ3v) is 4.26. The molecule has 1 atom stereocenters. The van der Waals surface area contributed by atoms with Crippen molar-refractivity contribution in [2.24, 2.45) is 0 Å². The Bertz CT molecular complexity index is 430. The van der Waals surface area contributed by atoms with E-state index < -0.39 is 0 Å². The molecule has 3 nitrogen and oxygen atoms in total. The Morgan fingerprint density at radius 3 is 2.94 bits per heavy atom. The van der Waals surface area contributed by atoms with Gasteiger partial charge < -0.3 is 5.32 Å². The van der Waals surface area contributed by atoms with Gasteiger partial charge >= 0.3 is 0 Å². The highest BCUT2D eigenvalue weighted by molar-refractivity contribution is 5.34. The second-order valence-electron chi connectivity index (χ2n) is 5.49. The Hall–Kier alpha value is -0.900. The summed E-state index contributed by atoms with van der Waals surface area (Å²) in [5.74, 6) is 0. The lowest BCUT2D eigenvalue weighted by Crippen LogP contribution is -2.57. The van der Waals surface area contributed by atoms with Crippen LogP contribution in [0.2, 0.25) is 0 Å². The fourth-order valence-corrected chi connectivity index (χ4v) is 3.22. The molecule has 1 N–H and O–H groups in total. The lowest BCUT2D eigenvalue weighted by atomic mass is 10.1. The molecule has 3 heteroatoms. The molecule has 2 heterocycles. The zero-order chi connectivity index (χ0) is 12.5. The first-order chi connectivity index (χ1) is 8.78. The Labute approximate surface area is 110 Å². The molecule has 0 saturated carbocycles. The monoisotopic (exact) mass is 245 g/mol. The normalized spacial score (nSPS) is 25.3. The first-order valence-corrected chi connectivity index (χ1v) is 7.05. The molecule has 0 aromatic heterocycles. The number of benzene rings is 1. The second kappa shape index (κ2) is 5.00. The SMILES string of the molecule is CCN1CCNCC1N1Cc2ccc(C)cc2C1. The highest BCUT2D eigenvalue weighted by atomic mass is 15.4. The predicted octanol–water partition coefficient (Wildman–Crippen LogP) is 1.56. The molecule has 1 aromatic rings. The zero-order valence-corrected chi connectivity index (χ0v) is 11.4. The third kappa shape index (κ3) is 2.18. The summed E-state index contributed by atoms with van der Waals surface area (Å²) in [7, 11) is 0. The van der Waals surface area contributed by atoms with Gasteiger partial charge in [-0.15, -0.1) is 0 Å². The molecule has 3 rings (SSSR count). The van der Waals surface area contributed by atoms with Crippen molar-refractivity contribution >= 4 is 0 Å². The van der Waals surface area contributed by atoms with Crippen LogP contribution in [-0.2, 0) is 13.1 Å². The van der Waals surface area contributed by atoms with Crippen molar-refractivity contribution in [3.8, 4) is 0 Å². The fraction of sp³-hybridized carbons (Fsp3) is 0.600. The Kier molecular flexibility index (Phi) is 3.37. The minimum atomic E-state index is 0.566. The maximum Gasteiger partial charge on any atom is 0.0757 e. The number of piperazine rings is 1. The van der Waals surface area contributed by atoms with Gasteiger partial charge in [0.25, 0.3) is 0 Å². The Morgan fingerprint density at radius 2 is 2.11 bits per heavy atom. The van der Waals surface area contributed by atoms with Gasteiger partial charge in [-0.05, 0) is 24.6 Å². The molecule has 1 saturated heterocycles. The smallest absolute Gasteiger partial charge is 0.0757 e. The topological polar surface area (TPSA) is 18.5 Å². The summed E-state index contributed by atoms with van der Waals surface area (Å²) in [6, 6.07) is 6.89. The van der Waals surface area contributed by atoms with E-state index in [1.807, 2.05) is 0 Å².